The first-order valence-corrected chi connectivity index (χ1v) is 3.23. The van der Waals surface area contributed by atoms with Crippen LogP contribution < -0.4 is 5.32 Å². The minimum absolute atomic E-state index is 0.962. The van der Waals surface area contributed by atoms with E-state index in [0.29, 0.717) is 0 Å². The van der Waals surface area contributed by atoms with Gasteiger partial charge in [0.2, 0.25) is 0 Å². The molecule has 0 unspecified atom stereocenters. The SMILES string of the molecule is CN/C=C(C)\C=C(/C)C=N. The number of allylic oxidation sites excluding steroid dienone is 3. The highest BCUT2D eigenvalue weighted by molar-refractivity contribution is 5.75. The Hall–Kier alpha value is -1.05. The average molecular weight is 138 g/mol. The van der Waals surface area contributed by atoms with Crippen LogP contribution in [0.3, 0.4) is 0 Å². The van der Waals surface area contributed by atoms with E-state index in [4.69, 9.17) is 5.41 Å². The summed E-state index contributed by atoms with van der Waals surface area (Å²) in [5.74, 6) is 0. The second kappa shape index (κ2) is 4.79. The van der Waals surface area contributed by atoms with Crippen LogP contribution in [0.5, 0.6) is 0 Å². The molecule has 0 saturated carbocycles. The zero-order valence-corrected chi connectivity index (χ0v) is 6.73. The zero-order valence-electron chi connectivity index (χ0n) is 6.73. The van der Waals surface area contributed by atoms with Gasteiger partial charge in [-0.25, -0.2) is 0 Å². The van der Waals surface area contributed by atoms with E-state index in [1.807, 2.05) is 33.2 Å². The van der Waals surface area contributed by atoms with Crippen molar-refractivity contribution in [2.75, 3.05) is 7.05 Å². The van der Waals surface area contributed by atoms with Crippen LogP contribution in [0.15, 0.2) is 23.4 Å². The molecule has 0 aromatic carbocycles. The maximum absolute atomic E-state index is 6.89. The lowest BCUT2D eigenvalue weighted by atomic mass is 10.2. The van der Waals surface area contributed by atoms with E-state index in [9.17, 15) is 0 Å². The van der Waals surface area contributed by atoms with Gasteiger partial charge in [-0.2, -0.15) is 0 Å². The Morgan fingerprint density at radius 1 is 1.30 bits per heavy atom. The van der Waals surface area contributed by atoms with E-state index in [-0.39, 0.29) is 0 Å². The molecular formula is C8H14N2. The fourth-order valence-corrected chi connectivity index (χ4v) is 0.670. The van der Waals surface area contributed by atoms with Crippen LogP contribution in [0, 0.1) is 5.41 Å². The minimum atomic E-state index is 0.962. The lowest BCUT2D eigenvalue weighted by Crippen LogP contribution is -1.93. The molecule has 10 heavy (non-hydrogen) atoms. The Morgan fingerprint density at radius 3 is 2.30 bits per heavy atom. The second-order valence-corrected chi connectivity index (χ2v) is 2.21. The van der Waals surface area contributed by atoms with Gasteiger partial charge in [0.15, 0.2) is 0 Å². The predicted molar refractivity (Wildman–Crippen MR) is 45.4 cm³/mol. The van der Waals surface area contributed by atoms with E-state index >= 15 is 0 Å². The van der Waals surface area contributed by atoms with Crippen LogP contribution in [-0.2, 0) is 0 Å². The first-order chi connectivity index (χ1) is 4.70. The van der Waals surface area contributed by atoms with Gasteiger partial charge in [-0.3, -0.25) is 0 Å². The Bertz CT molecular complexity index is 166. The number of hydrogen-bond donors (Lipinski definition) is 2. The molecule has 0 bridgehead atoms. The van der Waals surface area contributed by atoms with Crippen molar-refractivity contribution in [1.29, 1.82) is 5.41 Å². The molecule has 0 rings (SSSR count). The Balaban J connectivity index is 4.11. The topological polar surface area (TPSA) is 35.9 Å². The molecule has 0 saturated heterocycles. The van der Waals surface area contributed by atoms with Crippen molar-refractivity contribution < 1.29 is 0 Å². The van der Waals surface area contributed by atoms with Crippen molar-refractivity contribution in [3.8, 4) is 0 Å². The molecule has 0 aromatic heterocycles. The van der Waals surface area contributed by atoms with Crippen molar-refractivity contribution in [2.45, 2.75) is 13.8 Å². The maximum Gasteiger partial charge on any atom is 0.0207 e. The van der Waals surface area contributed by atoms with Crippen molar-refractivity contribution in [3.63, 3.8) is 0 Å². The quantitative estimate of drug-likeness (QED) is 0.452. The normalized spacial score (nSPS) is 13.1. The summed E-state index contributed by atoms with van der Waals surface area (Å²) < 4.78 is 0. The third kappa shape index (κ3) is 3.89. The Kier molecular flexibility index (Phi) is 4.29. The summed E-state index contributed by atoms with van der Waals surface area (Å²) >= 11 is 0. The van der Waals surface area contributed by atoms with Crippen molar-refractivity contribution in [1.82, 2.24) is 5.32 Å². The molecule has 2 nitrogen and oxygen atoms in total. The van der Waals surface area contributed by atoms with E-state index in [2.05, 4.69) is 5.32 Å². The molecule has 2 N–H and O–H groups in total. The van der Waals surface area contributed by atoms with Gasteiger partial charge in [0.1, 0.15) is 0 Å². The molecule has 0 fully saturated rings. The monoisotopic (exact) mass is 138 g/mol. The second-order valence-electron chi connectivity index (χ2n) is 2.21. The molecule has 2 heteroatoms. The van der Waals surface area contributed by atoms with Gasteiger partial charge < -0.3 is 10.7 Å². The fraction of sp³-hybridized carbons (Fsp3) is 0.375. The summed E-state index contributed by atoms with van der Waals surface area (Å²) in [6.07, 6.45) is 5.18. The number of nitrogens with one attached hydrogen (secondary N) is 2. The van der Waals surface area contributed by atoms with Crippen LogP contribution in [-0.4, -0.2) is 13.3 Å². The van der Waals surface area contributed by atoms with Gasteiger partial charge >= 0.3 is 0 Å². The molecule has 56 valence electrons. The molecule has 0 aromatic rings. The number of rotatable bonds is 3. The third-order valence-electron chi connectivity index (χ3n) is 1.06. The van der Waals surface area contributed by atoms with E-state index in [1.54, 1.807) is 0 Å². The van der Waals surface area contributed by atoms with Crippen molar-refractivity contribution in [2.24, 2.45) is 0 Å². The standard InChI is InChI=1S/C8H14N2/c1-7(5-9)4-8(2)6-10-3/h4-6,9-10H,1-3H3/b7-4+,8-6-,9-5?. The van der Waals surface area contributed by atoms with Crippen LogP contribution in [0.2, 0.25) is 0 Å². The smallest absolute Gasteiger partial charge is 0.0207 e. The molecule has 0 heterocycles. The molecule has 0 aliphatic heterocycles. The molecule has 0 aliphatic rings. The maximum atomic E-state index is 6.89. The lowest BCUT2D eigenvalue weighted by Gasteiger charge is -1.92. The molecule has 0 aliphatic carbocycles. The highest BCUT2D eigenvalue weighted by Crippen LogP contribution is 1.96. The minimum Gasteiger partial charge on any atom is -0.394 e. The third-order valence-corrected chi connectivity index (χ3v) is 1.06. The Morgan fingerprint density at radius 2 is 1.90 bits per heavy atom. The van der Waals surface area contributed by atoms with Gasteiger partial charge in [-0.15, -0.1) is 0 Å². The summed E-state index contributed by atoms with van der Waals surface area (Å²) in [4.78, 5) is 0. The molecule has 0 amide bonds. The lowest BCUT2D eigenvalue weighted by molar-refractivity contribution is 1.08. The van der Waals surface area contributed by atoms with Gasteiger partial charge in [-0.1, -0.05) is 6.08 Å². The van der Waals surface area contributed by atoms with Crippen LogP contribution in [0.25, 0.3) is 0 Å². The van der Waals surface area contributed by atoms with E-state index in [1.165, 1.54) is 6.21 Å². The van der Waals surface area contributed by atoms with Crippen molar-refractivity contribution in [3.05, 3.63) is 23.4 Å². The van der Waals surface area contributed by atoms with Crippen LogP contribution >= 0.6 is 0 Å². The van der Waals surface area contributed by atoms with Gasteiger partial charge in [-0.05, 0) is 31.2 Å². The Labute approximate surface area is 62.1 Å². The zero-order chi connectivity index (χ0) is 7.98. The number of hydrogen-bond acceptors (Lipinski definition) is 2. The first kappa shape index (κ1) is 8.95. The van der Waals surface area contributed by atoms with Crippen LogP contribution in [0.1, 0.15) is 13.8 Å². The molecule has 0 atom stereocenters. The summed E-state index contributed by atoms with van der Waals surface area (Å²) in [5.41, 5.74) is 2.09. The highest BCUT2D eigenvalue weighted by Gasteiger charge is 1.82. The fourth-order valence-electron chi connectivity index (χ4n) is 0.670. The largest absolute Gasteiger partial charge is 0.394 e. The first-order valence-electron chi connectivity index (χ1n) is 3.23. The molecular weight excluding hydrogens is 124 g/mol. The summed E-state index contributed by atoms with van der Waals surface area (Å²) in [6, 6.07) is 0. The van der Waals surface area contributed by atoms with Crippen molar-refractivity contribution >= 4 is 6.21 Å². The van der Waals surface area contributed by atoms with E-state index in [0.717, 1.165) is 11.1 Å². The molecule has 0 radical (unpaired) electrons. The average Bonchev–Trinajstić information content (AvgIpc) is 1.88. The van der Waals surface area contributed by atoms with Gasteiger partial charge in [0.05, 0.1) is 0 Å². The van der Waals surface area contributed by atoms with E-state index < -0.39 is 0 Å². The summed E-state index contributed by atoms with van der Waals surface area (Å²) in [7, 11) is 1.86. The van der Waals surface area contributed by atoms with Crippen LogP contribution in [0.4, 0.5) is 0 Å². The highest BCUT2D eigenvalue weighted by atomic mass is 14.8. The molecule has 0 spiro atoms. The van der Waals surface area contributed by atoms with Gasteiger partial charge in [0, 0.05) is 13.3 Å². The summed E-state index contributed by atoms with van der Waals surface area (Å²) in [6.45, 7) is 3.89. The predicted octanol–water partition coefficient (Wildman–Crippen LogP) is 1.71. The summed E-state index contributed by atoms with van der Waals surface area (Å²) in [5, 5.41) is 9.81. The van der Waals surface area contributed by atoms with Gasteiger partial charge in [0.25, 0.3) is 0 Å².